The van der Waals surface area contributed by atoms with Crippen molar-refractivity contribution in [2.75, 3.05) is 6.61 Å². The Hall–Kier alpha value is -1.55. The maximum absolute atomic E-state index is 10.8. The van der Waals surface area contributed by atoms with Gasteiger partial charge in [-0.2, -0.15) is 0 Å². The molecular weight excluding hydrogens is 216 g/mol. The van der Waals surface area contributed by atoms with Crippen LogP contribution in [-0.4, -0.2) is 18.6 Å². The van der Waals surface area contributed by atoms with E-state index in [1.807, 2.05) is 24.3 Å². The molecule has 0 aliphatic heterocycles. The second kappa shape index (κ2) is 6.25. The Bertz CT molecular complexity index is 360. The van der Waals surface area contributed by atoms with E-state index in [0.29, 0.717) is 18.9 Å². The molecule has 0 aliphatic carbocycles. The van der Waals surface area contributed by atoms with Gasteiger partial charge in [0.25, 0.3) is 0 Å². The van der Waals surface area contributed by atoms with Crippen molar-refractivity contribution >= 4 is 5.91 Å². The van der Waals surface area contributed by atoms with Crippen molar-refractivity contribution in [2.24, 2.45) is 17.4 Å². The van der Waals surface area contributed by atoms with E-state index in [9.17, 15) is 4.79 Å². The number of carbonyl (C=O) groups is 1. The van der Waals surface area contributed by atoms with Gasteiger partial charge in [-0.3, -0.25) is 4.79 Å². The van der Waals surface area contributed by atoms with Gasteiger partial charge in [-0.05, 0) is 30.0 Å². The molecule has 17 heavy (non-hydrogen) atoms. The predicted molar refractivity (Wildman–Crippen MR) is 67.6 cm³/mol. The van der Waals surface area contributed by atoms with Gasteiger partial charge in [-0.1, -0.05) is 26.0 Å². The molecule has 4 heteroatoms. The monoisotopic (exact) mass is 236 g/mol. The number of amides is 1. The van der Waals surface area contributed by atoms with Gasteiger partial charge in [0.1, 0.15) is 5.75 Å². The lowest BCUT2D eigenvalue weighted by Crippen LogP contribution is -2.38. The van der Waals surface area contributed by atoms with E-state index in [1.54, 1.807) is 0 Å². The molecule has 1 atom stereocenters. The van der Waals surface area contributed by atoms with Crippen LogP contribution in [0.4, 0.5) is 0 Å². The van der Waals surface area contributed by atoms with Crippen LogP contribution in [0, 0.1) is 5.92 Å². The summed E-state index contributed by atoms with van der Waals surface area (Å²) < 4.78 is 5.55. The largest absolute Gasteiger partial charge is 0.493 e. The summed E-state index contributed by atoms with van der Waals surface area (Å²) in [5.41, 5.74) is 11.7. The molecule has 0 bridgehead atoms. The highest BCUT2D eigenvalue weighted by Gasteiger charge is 2.09. The number of primary amides is 1. The molecular formula is C13H20N2O2. The fourth-order valence-corrected chi connectivity index (χ4v) is 1.34. The van der Waals surface area contributed by atoms with Gasteiger partial charge < -0.3 is 16.2 Å². The van der Waals surface area contributed by atoms with Crippen molar-refractivity contribution < 1.29 is 9.53 Å². The van der Waals surface area contributed by atoms with Gasteiger partial charge in [0.05, 0.1) is 12.6 Å². The molecule has 1 amide bonds. The van der Waals surface area contributed by atoms with Crippen LogP contribution in [0.1, 0.15) is 19.4 Å². The number of hydrogen-bond acceptors (Lipinski definition) is 3. The van der Waals surface area contributed by atoms with E-state index in [4.69, 9.17) is 16.2 Å². The normalized spacial score (nSPS) is 12.5. The van der Waals surface area contributed by atoms with Crippen LogP contribution in [-0.2, 0) is 11.2 Å². The minimum atomic E-state index is -0.627. The maximum atomic E-state index is 10.8. The Balaban J connectivity index is 2.53. The Morgan fingerprint density at radius 3 is 2.35 bits per heavy atom. The standard InChI is InChI=1S/C13H20N2O2/c1-9(2)8-17-11-5-3-10(4-6-11)7-12(14)13(15)16/h3-6,9,12H,7-8,14H2,1-2H3,(H2,15,16)/t12-/m0/s1. The molecule has 0 aromatic heterocycles. The fourth-order valence-electron chi connectivity index (χ4n) is 1.34. The molecule has 94 valence electrons. The summed E-state index contributed by atoms with van der Waals surface area (Å²) in [4.78, 5) is 10.8. The molecule has 0 saturated carbocycles. The number of benzene rings is 1. The molecule has 0 aliphatic rings. The topological polar surface area (TPSA) is 78.3 Å². The van der Waals surface area contributed by atoms with Crippen LogP contribution in [0.25, 0.3) is 0 Å². The predicted octanol–water partition coefficient (Wildman–Crippen LogP) is 1.08. The smallest absolute Gasteiger partial charge is 0.234 e. The maximum Gasteiger partial charge on any atom is 0.234 e. The van der Waals surface area contributed by atoms with Gasteiger partial charge in [-0.25, -0.2) is 0 Å². The van der Waals surface area contributed by atoms with E-state index in [0.717, 1.165) is 11.3 Å². The Labute approximate surface area is 102 Å². The highest BCUT2D eigenvalue weighted by molar-refractivity contribution is 5.79. The summed E-state index contributed by atoms with van der Waals surface area (Å²) in [5.74, 6) is 0.846. The lowest BCUT2D eigenvalue weighted by molar-refractivity contribution is -0.119. The summed E-state index contributed by atoms with van der Waals surface area (Å²) in [6.07, 6.45) is 0.458. The van der Waals surface area contributed by atoms with E-state index in [1.165, 1.54) is 0 Å². The second-order valence-corrected chi connectivity index (χ2v) is 4.56. The van der Waals surface area contributed by atoms with Crippen molar-refractivity contribution in [1.82, 2.24) is 0 Å². The van der Waals surface area contributed by atoms with E-state index < -0.39 is 11.9 Å². The van der Waals surface area contributed by atoms with Gasteiger partial charge in [0, 0.05) is 0 Å². The van der Waals surface area contributed by atoms with Crippen LogP contribution in [0.15, 0.2) is 24.3 Å². The molecule has 1 rings (SSSR count). The highest BCUT2D eigenvalue weighted by atomic mass is 16.5. The average Bonchev–Trinajstić information content (AvgIpc) is 2.28. The number of nitrogens with two attached hydrogens (primary N) is 2. The number of rotatable bonds is 6. The summed E-state index contributed by atoms with van der Waals surface area (Å²) in [6, 6.07) is 6.94. The SMILES string of the molecule is CC(C)COc1ccc(C[C@H](N)C(N)=O)cc1. The molecule has 0 fully saturated rings. The van der Waals surface area contributed by atoms with E-state index >= 15 is 0 Å². The third kappa shape index (κ3) is 4.87. The number of hydrogen-bond donors (Lipinski definition) is 2. The molecule has 4 nitrogen and oxygen atoms in total. The quantitative estimate of drug-likeness (QED) is 0.775. The first kappa shape index (κ1) is 13.5. The molecule has 1 aromatic rings. The van der Waals surface area contributed by atoms with Gasteiger partial charge in [0.2, 0.25) is 5.91 Å². The first-order chi connectivity index (χ1) is 7.99. The van der Waals surface area contributed by atoms with Crippen molar-refractivity contribution in [2.45, 2.75) is 26.3 Å². The van der Waals surface area contributed by atoms with Crippen LogP contribution < -0.4 is 16.2 Å². The number of carbonyl (C=O) groups excluding carboxylic acids is 1. The Morgan fingerprint density at radius 1 is 1.29 bits per heavy atom. The van der Waals surface area contributed by atoms with Crippen molar-refractivity contribution in [3.8, 4) is 5.75 Å². The zero-order valence-corrected chi connectivity index (χ0v) is 10.3. The van der Waals surface area contributed by atoms with Crippen LogP contribution in [0.5, 0.6) is 5.75 Å². The first-order valence-corrected chi connectivity index (χ1v) is 5.75. The molecule has 0 radical (unpaired) electrons. The van der Waals surface area contributed by atoms with Crippen molar-refractivity contribution in [1.29, 1.82) is 0 Å². The average molecular weight is 236 g/mol. The lowest BCUT2D eigenvalue weighted by atomic mass is 10.1. The molecule has 4 N–H and O–H groups in total. The molecule has 0 unspecified atom stereocenters. The second-order valence-electron chi connectivity index (χ2n) is 4.56. The van der Waals surface area contributed by atoms with Crippen molar-refractivity contribution in [3.05, 3.63) is 29.8 Å². The summed E-state index contributed by atoms with van der Waals surface area (Å²) >= 11 is 0. The van der Waals surface area contributed by atoms with Gasteiger partial charge in [-0.15, -0.1) is 0 Å². The third-order valence-corrected chi connectivity index (χ3v) is 2.33. The Morgan fingerprint density at radius 2 is 1.88 bits per heavy atom. The first-order valence-electron chi connectivity index (χ1n) is 5.75. The molecule has 0 heterocycles. The zero-order chi connectivity index (χ0) is 12.8. The van der Waals surface area contributed by atoms with Crippen molar-refractivity contribution in [3.63, 3.8) is 0 Å². The molecule has 0 saturated heterocycles. The molecule has 1 aromatic carbocycles. The Kier molecular flexibility index (Phi) is 4.97. The van der Waals surface area contributed by atoms with Gasteiger partial charge in [0.15, 0.2) is 0 Å². The number of ether oxygens (including phenoxy) is 1. The third-order valence-electron chi connectivity index (χ3n) is 2.33. The summed E-state index contributed by atoms with van der Waals surface area (Å²) in [6.45, 7) is 4.89. The zero-order valence-electron chi connectivity index (χ0n) is 10.3. The minimum absolute atomic E-state index is 0.458. The molecule has 0 spiro atoms. The summed E-state index contributed by atoms with van der Waals surface area (Å²) in [5, 5.41) is 0. The summed E-state index contributed by atoms with van der Waals surface area (Å²) in [7, 11) is 0. The fraction of sp³-hybridized carbons (Fsp3) is 0.462. The van der Waals surface area contributed by atoms with E-state index in [2.05, 4.69) is 13.8 Å². The minimum Gasteiger partial charge on any atom is -0.493 e. The van der Waals surface area contributed by atoms with Gasteiger partial charge >= 0.3 is 0 Å². The van der Waals surface area contributed by atoms with Crippen LogP contribution >= 0.6 is 0 Å². The van der Waals surface area contributed by atoms with Crippen LogP contribution in [0.3, 0.4) is 0 Å². The van der Waals surface area contributed by atoms with E-state index in [-0.39, 0.29) is 0 Å². The highest BCUT2D eigenvalue weighted by Crippen LogP contribution is 2.14. The van der Waals surface area contributed by atoms with Crippen LogP contribution in [0.2, 0.25) is 0 Å². The lowest BCUT2D eigenvalue weighted by Gasteiger charge is -2.10.